The Morgan fingerprint density at radius 2 is 2.29 bits per heavy atom. The van der Waals surface area contributed by atoms with E-state index in [1.807, 2.05) is 0 Å². The van der Waals surface area contributed by atoms with Crippen LogP contribution in [0.4, 0.5) is 0 Å². The van der Waals surface area contributed by atoms with Crippen molar-refractivity contribution in [1.82, 2.24) is 4.98 Å². The molecular weight excluding hydrogens is 218 g/mol. The van der Waals surface area contributed by atoms with Gasteiger partial charge in [0.1, 0.15) is 0 Å². The molecule has 4 heteroatoms. The molecule has 1 aliphatic carbocycles. The molecule has 1 aromatic heterocycles. The van der Waals surface area contributed by atoms with Crippen LogP contribution in [0.3, 0.4) is 0 Å². The zero-order valence-electron chi connectivity index (χ0n) is 8.04. The smallest absolute Gasteiger partial charge is 0.183 e. The summed E-state index contributed by atoms with van der Waals surface area (Å²) in [5.74, 6) is 0.790. The van der Waals surface area contributed by atoms with Crippen LogP contribution in [0.15, 0.2) is 6.20 Å². The van der Waals surface area contributed by atoms with Gasteiger partial charge in [-0.2, -0.15) is 0 Å². The Morgan fingerprint density at radius 1 is 1.50 bits per heavy atom. The van der Waals surface area contributed by atoms with Crippen molar-refractivity contribution in [3.63, 3.8) is 0 Å². The molecule has 0 aromatic carbocycles. The summed E-state index contributed by atoms with van der Waals surface area (Å²) < 4.78 is 6.23. The molecule has 0 amide bonds. The van der Waals surface area contributed by atoms with E-state index < -0.39 is 0 Å². The summed E-state index contributed by atoms with van der Waals surface area (Å²) in [6.45, 7) is 1.57. The topological polar surface area (TPSA) is 22.1 Å². The van der Waals surface area contributed by atoms with Crippen molar-refractivity contribution >= 4 is 22.9 Å². The van der Waals surface area contributed by atoms with E-state index >= 15 is 0 Å². The largest absolute Gasteiger partial charge is 0.376 e. The van der Waals surface area contributed by atoms with Crippen LogP contribution in [0.25, 0.3) is 0 Å². The van der Waals surface area contributed by atoms with E-state index in [9.17, 15) is 0 Å². The summed E-state index contributed by atoms with van der Waals surface area (Å²) in [5, 5.41) is 0. The Morgan fingerprint density at radius 3 is 2.93 bits per heavy atom. The lowest BCUT2D eigenvalue weighted by Gasteiger charge is -2.08. The van der Waals surface area contributed by atoms with Crippen molar-refractivity contribution in [2.75, 3.05) is 6.61 Å². The Bertz CT molecular complexity index is 283. The standard InChI is InChI=1S/C10H14ClNOS/c11-10-12-5-9(14-10)7-13-6-8-3-1-2-4-8/h5,8H,1-4,6-7H2. The second-order valence-electron chi connectivity index (χ2n) is 3.75. The normalized spacial score (nSPS) is 17.8. The average molecular weight is 232 g/mol. The van der Waals surface area contributed by atoms with Crippen molar-refractivity contribution in [2.45, 2.75) is 32.3 Å². The van der Waals surface area contributed by atoms with Crippen LogP contribution in [0.2, 0.25) is 4.47 Å². The van der Waals surface area contributed by atoms with Crippen LogP contribution in [-0.4, -0.2) is 11.6 Å². The van der Waals surface area contributed by atoms with Crippen LogP contribution < -0.4 is 0 Å². The Labute approximate surface area is 93.3 Å². The van der Waals surface area contributed by atoms with E-state index in [1.165, 1.54) is 37.0 Å². The van der Waals surface area contributed by atoms with Gasteiger partial charge in [-0.15, -0.1) is 11.3 Å². The minimum absolute atomic E-state index is 0.601. The maximum absolute atomic E-state index is 5.72. The first-order valence-corrected chi connectivity index (χ1v) is 6.22. The number of hydrogen-bond acceptors (Lipinski definition) is 3. The summed E-state index contributed by atoms with van der Waals surface area (Å²) in [5.41, 5.74) is 0. The van der Waals surface area contributed by atoms with Gasteiger partial charge < -0.3 is 4.74 Å². The van der Waals surface area contributed by atoms with Crippen LogP contribution >= 0.6 is 22.9 Å². The third kappa shape index (κ3) is 2.94. The van der Waals surface area contributed by atoms with Crippen LogP contribution in [0.5, 0.6) is 0 Å². The number of ether oxygens (including phenoxy) is 1. The monoisotopic (exact) mass is 231 g/mol. The molecule has 0 N–H and O–H groups in total. The molecule has 2 nitrogen and oxygen atoms in total. The van der Waals surface area contributed by atoms with Gasteiger partial charge in [0.2, 0.25) is 0 Å². The van der Waals surface area contributed by atoms with Crippen molar-refractivity contribution < 1.29 is 4.74 Å². The van der Waals surface area contributed by atoms with Gasteiger partial charge in [-0.25, -0.2) is 4.98 Å². The van der Waals surface area contributed by atoms with E-state index in [-0.39, 0.29) is 0 Å². The molecule has 1 fully saturated rings. The maximum atomic E-state index is 5.72. The van der Waals surface area contributed by atoms with Gasteiger partial charge >= 0.3 is 0 Å². The molecule has 0 radical (unpaired) electrons. The van der Waals surface area contributed by atoms with Crippen molar-refractivity contribution in [1.29, 1.82) is 0 Å². The quantitative estimate of drug-likeness (QED) is 0.791. The second-order valence-corrected chi connectivity index (χ2v) is 5.44. The molecule has 0 spiro atoms. The summed E-state index contributed by atoms with van der Waals surface area (Å²) in [4.78, 5) is 5.09. The predicted octanol–water partition coefficient (Wildman–Crippen LogP) is 3.50. The fourth-order valence-electron chi connectivity index (χ4n) is 1.85. The lowest BCUT2D eigenvalue weighted by Crippen LogP contribution is -2.04. The fourth-order valence-corrected chi connectivity index (χ4v) is 2.77. The molecule has 0 unspecified atom stereocenters. The van der Waals surface area contributed by atoms with E-state index in [1.54, 1.807) is 6.20 Å². The van der Waals surface area contributed by atoms with E-state index in [2.05, 4.69) is 4.98 Å². The van der Waals surface area contributed by atoms with Gasteiger partial charge in [0.25, 0.3) is 0 Å². The van der Waals surface area contributed by atoms with Gasteiger partial charge in [0.15, 0.2) is 4.47 Å². The molecule has 0 bridgehead atoms. The number of aromatic nitrogens is 1. The Balaban J connectivity index is 1.67. The Kier molecular flexibility index (Phi) is 3.79. The summed E-state index contributed by atoms with van der Waals surface area (Å²) in [6.07, 6.45) is 7.22. The summed E-state index contributed by atoms with van der Waals surface area (Å²) in [7, 11) is 0. The highest BCUT2D eigenvalue weighted by Crippen LogP contribution is 2.25. The molecule has 1 heterocycles. The summed E-state index contributed by atoms with van der Waals surface area (Å²) >= 11 is 7.22. The first-order valence-electron chi connectivity index (χ1n) is 5.02. The van der Waals surface area contributed by atoms with Gasteiger partial charge in [-0.3, -0.25) is 0 Å². The van der Waals surface area contributed by atoms with Gasteiger partial charge in [-0.1, -0.05) is 24.4 Å². The molecule has 1 aliphatic rings. The highest BCUT2D eigenvalue weighted by Gasteiger charge is 2.14. The first kappa shape index (κ1) is 10.4. The van der Waals surface area contributed by atoms with Crippen LogP contribution in [0.1, 0.15) is 30.6 Å². The van der Waals surface area contributed by atoms with Crippen LogP contribution in [-0.2, 0) is 11.3 Å². The molecule has 2 rings (SSSR count). The van der Waals surface area contributed by atoms with Crippen molar-refractivity contribution in [2.24, 2.45) is 5.92 Å². The molecule has 78 valence electrons. The number of thiazole rings is 1. The average Bonchev–Trinajstić information content (AvgIpc) is 2.77. The molecule has 1 saturated carbocycles. The molecular formula is C10H14ClNOS. The molecule has 0 atom stereocenters. The van der Waals surface area contributed by atoms with Gasteiger partial charge in [0, 0.05) is 12.8 Å². The zero-order valence-corrected chi connectivity index (χ0v) is 9.61. The minimum Gasteiger partial charge on any atom is -0.376 e. The maximum Gasteiger partial charge on any atom is 0.183 e. The second kappa shape index (κ2) is 5.10. The number of hydrogen-bond donors (Lipinski definition) is 0. The molecule has 1 aromatic rings. The summed E-state index contributed by atoms with van der Waals surface area (Å²) in [6, 6.07) is 0. The lowest BCUT2D eigenvalue weighted by molar-refractivity contribution is 0.0905. The van der Waals surface area contributed by atoms with Crippen molar-refractivity contribution in [3.05, 3.63) is 15.5 Å². The van der Waals surface area contributed by atoms with E-state index in [0.29, 0.717) is 11.1 Å². The number of nitrogens with zero attached hydrogens (tertiary/aromatic N) is 1. The minimum atomic E-state index is 0.601. The fraction of sp³-hybridized carbons (Fsp3) is 0.700. The molecule has 0 aliphatic heterocycles. The highest BCUT2D eigenvalue weighted by molar-refractivity contribution is 7.15. The van der Waals surface area contributed by atoms with E-state index in [4.69, 9.17) is 16.3 Å². The number of halogens is 1. The third-order valence-corrected chi connectivity index (χ3v) is 3.69. The number of rotatable bonds is 4. The zero-order chi connectivity index (χ0) is 9.80. The lowest BCUT2D eigenvalue weighted by atomic mass is 10.1. The highest BCUT2D eigenvalue weighted by atomic mass is 35.5. The SMILES string of the molecule is Clc1ncc(COCC2CCCC2)s1. The third-order valence-electron chi connectivity index (χ3n) is 2.60. The van der Waals surface area contributed by atoms with Gasteiger partial charge in [0.05, 0.1) is 11.5 Å². The first-order chi connectivity index (χ1) is 6.84. The predicted molar refractivity (Wildman–Crippen MR) is 58.7 cm³/mol. The van der Waals surface area contributed by atoms with Crippen LogP contribution in [0, 0.1) is 5.92 Å². The Hall–Kier alpha value is -0.120. The van der Waals surface area contributed by atoms with Crippen molar-refractivity contribution in [3.8, 4) is 0 Å². The molecule has 0 saturated heterocycles. The molecule has 14 heavy (non-hydrogen) atoms. The van der Waals surface area contributed by atoms with E-state index in [0.717, 1.165) is 17.4 Å². The van der Waals surface area contributed by atoms with Gasteiger partial charge in [-0.05, 0) is 18.8 Å².